The molecule has 0 spiro atoms. The summed E-state index contributed by atoms with van der Waals surface area (Å²) in [6, 6.07) is 20.7. The van der Waals surface area contributed by atoms with Gasteiger partial charge in [0.05, 0.1) is 26.0 Å². The Kier molecular flexibility index (Phi) is 5.30. The lowest BCUT2D eigenvalue weighted by molar-refractivity contribution is 0.0988. The number of H-pyrrole nitrogens is 1. The molecular formula is C26H22ClN3O3. The van der Waals surface area contributed by atoms with Crippen molar-refractivity contribution in [2.24, 2.45) is 0 Å². The average Bonchev–Trinajstić information content (AvgIpc) is 3.39. The third-order valence-electron chi connectivity index (χ3n) is 5.92. The van der Waals surface area contributed by atoms with Gasteiger partial charge in [-0.2, -0.15) is 5.10 Å². The van der Waals surface area contributed by atoms with E-state index >= 15 is 0 Å². The molecule has 1 N–H and O–H groups in total. The van der Waals surface area contributed by atoms with Gasteiger partial charge in [-0.1, -0.05) is 47.5 Å². The van der Waals surface area contributed by atoms with E-state index in [1.54, 1.807) is 19.1 Å². The number of ether oxygens (including phenoxy) is 2. The van der Waals surface area contributed by atoms with Crippen LogP contribution in [-0.4, -0.2) is 30.3 Å². The van der Waals surface area contributed by atoms with E-state index in [1.807, 2.05) is 73.7 Å². The molecule has 0 saturated heterocycles. The molecule has 5 rings (SSSR count). The fourth-order valence-electron chi connectivity index (χ4n) is 4.28. The number of anilines is 1. The van der Waals surface area contributed by atoms with Crippen LogP contribution in [0.15, 0.2) is 66.7 Å². The van der Waals surface area contributed by atoms with Gasteiger partial charge in [-0.15, -0.1) is 0 Å². The summed E-state index contributed by atoms with van der Waals surface area (Å²) in [6.07, 6.45) is 0. The topological polar surface area (TPSA) is 67.5 Å². The second-order valence-electron chi connectivity index (χ2n) is 7.90. The van der Waals surface area contributed by atoms with Gasteiger partial charge in [0, 0.05) is 21.8 Å². The highest BCUT2D eigenvalue weighted by atomic mass is 35.5. The normalized spacial score (nSPS) is 15.0. The molecule has 2 heterocycles. The molecule has 1 aliphatic rings. The minimum Gasteiger partial charge on any atom is -0.493 e. The Labute approximate surface area is 196 Å². The third-order valence-corrected chi connectivity index (χ3v) is 6.17. The third kappa shape index (κ3) is 3.52. The maximum absolute atomic E-state index is 13.6. The number of hydrogen-bond acceptors (Lipinski definition) is 4. The van der Waals surface area contributed by atoms with Gasteiger partial charge in [0.1, 0.15) is 5.69 Å². The lowest BCUT2D eigenvalue weighted by atomic mass is 9.95. The van der Waals surface area contributed by atoms with Gasteiger partial charge in [0.15, 0.2) is 11.5 Å². The minimum absolute atomic E-state index is 0.138. The van der Waals surface area contributed by atoms with Crippen molar-refractivity contribution in [3.63, 3.8) is 0 Å². The number of aryl methyl sites for hydroxylation is 1. The van der Waals surface area contributed by atoms with Crippen LogP contribution in [0.1, 0.15) is 33.2 Å². The molecule has 33 heavy (non-hydrogen) atoms. The lowest BCUT2D eigenvalue weighted by Crippen LogP contribution is -2.29. The van der Waals surface area contributed by atoms with E-state index in [1.165, 1.54) is 0 Å². The zero-order chi connectivity index (χ0) is 23.1. The van der Waals surface area contributed by atoms with E-state index in [0.29, 0.717) is 27.9 Å². The minimum atomic E-state index is -0.403. The van der Waals surface area contributed by atoms with Crippen molar-refractivity contribution >= 4 is 23.2 Å². The second kappa shape index (κ2) is 8.30. The largest absolute Gasteiger partial charge is 0.493 e. The first-order valence-electron chi connectivity index (χ1n) is 10.5. The van der Waals surface area contributed by atoms with Crippen LogP contribution in [-0.2, 0) is 0 Å². The predicted molar refractivity (Wildman–Crippen MR) is 128 cm³/mol. The highest BCUT2D eigenvalue weighted by Crippen LogP contribution is 2.46. The Hall–Kier alpha value is -3.77. The van der Waals surface area contributed by atoms with Crippen molar-refractivity contribution in [3.05, 3.63) is 94.1 Å². The van der Waals surface area contributed by atoms with Crippen LogP contribution in [0.3, 0.4) is 0 Å². The smallest absolute Gasteiger partial charge is 0.277 e. The first kappa shape index (κ1) is 21.1. The first-order chi connectivity index (χ1) is 16.0. The van der Waals surface area contributed by atoms with Gasteiger partial charge >= 0.3 is 0 Å². The Morgan fingerprint density at radius 1 is 0.939 bits per heavy atom. The summed E-state index contributed by atoms with van der Waals surface area (Å²) in [6.45, 7) is 2.02. The number of methoxy groups -OCH3 is 2. The fraction of sp³-hybridized carbons (Fsp3) is 0.154. The number of aromatic amines is 1. The number of aromatic nitrogens is 2. The van der Waals surface area contributed by atoms with E-state index in [-0.39, 0.29) is 5.91 Å². The van der Waals surface area contributed by atoms with Crippen LogP contribution in [0.2, 0.25) is 5.02 Å². The summed E-state index contributed by atoms with van der Waals surface area (Å²) in [5.74, 6) is 1.08. The molecule has 1 aromatic heterocycles. The fourth-order valence-corrected chi connectivity index (χ4v) is 4.41. The molecule has 7 heteroatoms. The molecule has 1 atom stereocenters. The highest BCUT2D eigenvalue weighted by Gasteiger charge is 2.43. The summed E-state index contributed by atoms with van der Waals surface area (Å²) in [7, 11) is 3.20. The van der Waals surface area contributed by atoms with E-state index in [0.717, 1.165) is 27.9 Å². The molecule has 1 amide bonds. The van der Waals surface area contributed by atoms with Crippen LogP contribution in [0.4, 0.5) is 5.69 Å². The van der Waals surface area contributed by atoms with Crippen LogP contribution < -0.4 is 14.4 Å². The molecule has 0 bridgehead atoms. The zero-order valence-corrected chi connectivity index (χ0v) is 19.2. The van der Waals surface area contributed by atoms with Gasteiger partial charge in [-0.25, -0.2) is 0 Å². The van der Waals surface area contributed by atoms with Gasteiger partial charge in [0.2, 0.25) is 0 Å². The summed E-state index contributed by atoms with van der Waals surface area (Å²) in [5, 5.41) is 8.13. The number of halogens is 1. The molecule has 0 unspecified atom stereocenters. The molecule has 166 valence electrons. The predicted octanol–water partition coefficient (Wildman–Crippen LogP) is 5.81. The van der Waals surface area contributed by atoms with Gasteiger partial charge < -0.3 is 9.47 Å². The number of rotatable bonds is 5. The van der Waals surface area contributed by atoms with Gasteiger partial charge in [-0.3, -0.25) is 14.8 Å². The number of fused-ring (bicyclic) bond motifs is 1. The number of nitrogens with zero attached hydrogens (tertiary/aromatic N) is 2. The number of hydrogen-bond donors (Lipinski definition) is 1. The maximum Gasteiger partial charge on any atom is 0.277 e. The Morgan fingerprint density at radius 3 is 2.30 bits per heavy atom. The summed E-state index contributed by atoms with van der Waals surface area (Å²) in [5.41, 5.74) is 5.69. The first-order valence-corrected chi connectivity index (χ1v) is 10.9. The second-order valence-corrected chi connectivity index (χ2v) is 8.33. The van der Waals surface area contributed by atoms with E-state index < -0.39 is 6.04 Å². The Morgan fingerprint density at radius 2 is 1.64 bits per heavy atom. The van der Waals surface area contributed by atoms with Crippen LogP contribution >= 0.6 is 11.6 Å². The summed E-state index contributed by atoms with van der Waals surface area (Å²) >= 11 is 6.10. The number of carbonyl (C=O) groups excluding carboxylic acids is 1. The maximum atomic E-state index is 13.6. The highest BCUT2D eigenvalue weighted by molar-refractivity contribution is 6.30. The molecule has 1 aliphatic heterocycles. The van der Waals surface area contributed by atoms with E-state index in [2.05, 4.69) is 10.2 Å². The Bertz CT molecular complexity index is 1330. The molecular weight excluding hydrogens is 438 g/mol. The molecule has 0 saturated carbocycles. The zero-order valence-electron chi connectivity index (χ0n) is 18.4. The van der Waals surface area contributed by atoms with Crippen molar-refractivity contribution in [3.8, 4) is 22.8 Å². The quantitative estimate of drug-likeness (QED) is 0.409. The summed E-state index contributed by atoms with van der Waals surface area (Å²) < 4.78 is 11.0. The number of nitrogens with one attached hydrogen (secondary N) is 1. The van der Waals surface area contributed by atoms with E-state index in [9.17, 15) is 4.79 Å². The lowest BCUT2D eigenvalue weighted by Gasteiger charge is -2.27. The molecule has 6 nitrogen and oxygen atoms in total. The molecule has 3 aromatic carbocycles. The number of amides is 1. The average molecular weight is 460 g/mol. The van der Waals surface area contributed by atoms with Gasteiger partial charge in [0.25, 0.3) is 5.91 Å². The molecule has 0 fully saturated rings. The molecule has 0 radical (unpaired) electrons. The van der Waals surface area contributed by atoms with Crippen LogP contribution in [0.5, 0.6) is 11.5 Å². The van der Waals surface area contributed by atoms with Crippen molar-refractivity contribution < 1.29 is 14.3 Å². The van der Waals surface area contributed by atoms with Gasteiger partial charge in [-0.05, 0) is 48.9 Å². The number of carbonyl (C=O) groups is 1. The van der Waals surface area contributed by atoms with E-state index in [4.69, 9.17) is 21.1 Å². The van der Waals surface area contributed by atoms with Crippen LogP contribution in [0.25, 0.3) is 11.3 Å². The van der Waals surface area contributed by atoms with Crippen molar-refractivity contribution in [2.75, 3.05) is 19.1 Å². The molecule has 0 aliphatic carbocycles. The van der Waals surface area contributed by atoms with Crippen molar-refractivity contribution in [1.82, 2.24) is 10.2 Å². The summed E-state index contributed by atoms with van der Waals surface area (Å²) in [4.78, 5) is 15.4. The van der Waals surface area contributed by atoms with Crippen LogP contribution in [0, 0.1) is 6.92 Å². The van der Waals surface area contributed by atoms with Crippen molar-refractivity contribution in [1.29, 1.82) is 0 Å². The number of benzene rings is 3. The van der Waals surface area contributed by atoms with Crippen molar-refractivity contribution in [2.45, 2.75) is 13.0 Å². The Balaban J connectivity index is 1.72. The standard InChI is InChI=1S/C26H22ClN3O3/c1-15-4-11-19(12-5-15)30-25(17-8-13-20(32-2)21(14-17)33-3)22-23(28-29-24(22)26(30)31)16-6-9-18(27)10-7-16/h4-14,25H,1-3H3,(H,28,29)/t25-/m0/s1. The monoisotopic (exact) mass is 459 g/mol. The molecule has 4 aromatic rings. The SMILES string of the molecule is COc1ccc([C@H]2c3c(-c4ccc(Cl)cc4)n[nH]c3C(=O)N2c2ccc(C)cc2)cc1OC.